The van der Waals surface area contributed by atoms with Gasteiger partial charge in [-0.25, -0.2) is 0 Å². The van der Waals surface area contributed by atoms with E-state index in [1.165, 1.54) is 19.2 Å². The topological polar surface area (TPSA) is 89.8 Å². The van der Waals surface area contributed by atoms with Crippen LogP contribution in [0.3, 0.4) is 0 Å². The molecule has 0 aromatic heterocycles. The quantitative estimate of drug-likeness (QED) is 0.483. The molecule has 0 atom stereocenters. The fourth-order valence-corrected chi connectivity index (χ4v) is 2.70. The zero-order chi connectivity index (χ0) is 16.3. The monoisotopic (exact) mass is 326 g/mol. The number of amides is 1. The number of carbonyl (C=O) groups is 2. The molecule has 22 heavy (non-hydrogen) atoms. The molecule has 0 spiro atoms. The van der Waals surface area contributed by atoms with Crippen molar-refractivity contribution < 1.29 is 19.2 Å². The van der Waals surface area contributed by atoms with Gasteiger partial charge in [0, 0.05) is 25.2 Å². The van der Waals surface area contributed by atoms with E-state index in [1.807, 2.05) is 0 Å². The third-order valence-corrected chi connectivity index (χ3v) is 4.02. The average Bonchev–Trinajstić information content (AvgIpc) is 2.53. The first-order chi connectivity index (χ1) is 10.4. The molecule has 0 N–H and O–H groups in total. The summed E-state index contributed by atoms with van der Waals surface area (Å²) in [6.45, 7) is 0.845. The van der Waals surface area contributed by atoms with Gasteiger partial charge in [0.05, 0.1) is 28.5 Å². The van der Waals surface area contributed by atoms with Gasteiger partial charge in [0.1, 0.15) is 0 Å². The van der Waals surface area contributed by atoms with Crippen LogP contribution in [-0.2, 0) is 9.53 Å². The van der Waals surface area contributed by atoms with Crippen molar-refractivity contribution >= 4 is 29.2 Å². The molecule has 0 aliphatic carbocycles. The number of esters is 1. The molecule has 0 unspecified atom stereocenters. The van der Waals surface area contributed by atoms with Crippen LogP contribution in [0.15, 0.2) is 18.2 Å². The number of benzene rings is 1. The molecule has 1 saturated heterocycles. The van der Waals surface area contributed by atoms with Crippen LogP contribution in [0, 0.1) is 16.0 Å². The maximum Gasteiger partial charge on any atom is 0.308 e. The van der Waals surface area contributed by atoms with E-state index in [0.29, 0.717) is 25.9 Å². The maximum absolute atomic E-state index is 12.4. The van der Waals surface area contributed by atoms with E-state index >= 15 is 0 Å². The number of ether oxygens (including phenoxy) is 1. The van der Waals surface area contributed by atoms with Crippen molar-refractivity contribution in [3.8, 4) is 0 Å². The molecule has 8 heteroatoms. The largest absolute Gasteiger partial charge is 0.469 e. The summed E-state index contributed by atoms with van der Waals surface area (Å²) in [6, 6.07) is 3.77. The van der Waals surface area contributed by atoms with Crippen LogP contribution in [0.2, 0.25) is 5.02 Å². The smallest absolute Gasteiger partial charge is 0.308 e. The Balaban J connectivity index is 2.07. The molecule has 1 aliphatic heterocycles. The minimum Gasteiger partial charge on any atom is -0.469 e. The van der Waals surface area contributed by atoms with E-state index in [0.717, 1.165) is 6.07 Å². The van der Waals surface area contributed by atoms with Gasteiger partial charge in [-0.05, 0) is 18.9 Å². The second-order valence-corrected chi connectivity index (χ2v) is 5.42. The molecule has 0 radical (unpaired) electrons. The van der Waals surface area contributed by atoms with Gasteiger partial charge >= 0.3 is 5.97 Å². The number of likely N-dealkylation sites (tertiary alicyclic amines) is 1. The molecule has 1 aromatic rings. The molecular weight excluding hydrogens is 312 g/mol. The van der Waals surface area contributed by atoms with Gasteiger partial charge in [-0.3, -0.25) is 19.7 Å². The highest BCUT2D eigenvalue weighted by molar-refractivity contribution is 6.34. The van der Waals surface area contributed by atoms with Crippen LogP contribution >= 0.6 is 11.6 Å². The highest BCUT2D eigenvalue weighted by Crippen LogP contribution is 2.26. The van der Waals surface area contributed by atoms with Gasteiger partial charge < -0.3 is 9.64 Å². The molecule has 1 amide bonds. The summed E-state index contributed by atoms with van der Waals surface area (Å²) in [4.78, 5) is 35.6. The number of carbonyl (C=O) groups excluding carboxylic acids is 2. The van der Waals surface area contributed by atoms with Crippen LogP contribution in [0.4, 0.5) is 5.69 Å². The Morgan fingerprint density at radius 1 is 1.36 bits per heavy atom. The number of hydrogen-bond donors (Lipinski definition) is 0. The third kappa shape index (κ3) is 3.36. The Morgan fingerprint density at radius 2 is 2.00 bits per heavy atom. The fourth-order valence-electron chi connectivity index (χ4n) is 2.45. The molecule has 1 fully saturated rings. The van der Waals surface area contributed by atoms with Crippen molar-refractivity contribution in [3.63, 3.8) is 0 Å². The number of nitro groups is 1. The first-order valence-corrected chi connectivity index (χ1v) is 7.13. The Labute approximate surface area is 131 Å². The molecule has 2 rings (SSSR count). The van der Waals surface area contributed by atoms with Crippen LogP contribution in [0.1, 0.15) is 23.2 Å². The van der Waals surface area contributed by atoms with Gasteiger partial charge in [-0.15, -0.1) is 0 Å². The fraction of sp³-hybridized carbons (Fsp3) is 0.429. The number of nitro benzene ring substituents is 1. The predicted molar refractivity (Wildman–Crippen MR) is 78.7 cm³/mol. The van der Waals surface area contributed by atoms with Crippen LogP contribution in [-0.4, -0.2) is 41.9 Å². The lowest BCUT2D eigenvalue weighted by molar-refractivity contribution is -0.384. The molecule has 1 aliphatic rings. The number of nitrogens with zero attached hydrogens (tertiary/aromatic N) is 2. The van der Waals surface area contributed by atoms with Crippen molar-refractivity contribution in [1.82, 2.24) is 4.90 Å². The molecule has 0 bridgehead atoms. The summed E-state index contributed by atoms with van der Waals surface area (Å²) >= 11 is 5.96. The van der Waals surface area contributed by atoms with Crippen LogP contribution in [0.5, 0.6) is 0 Å². The van der Waals surface area contributed by atoms with Crippen LogP contribution < -0.4 is 0 Å². The minimum absolute atomic E-state index is 0.0503. The molecule has 1 heterocycles. The molecule has 118 valence electrons. The second-order valence-electron chi connectivity index (χ2n) is 5.01. The summed E-state index contributed by atoms with van der Waals surface area (Å²) in [5, 5.41) is 10.7. The van der Waals surface area contributed by atoms with E-state index < -0.39 is 4.92 Å². The number of piperidine rings is 1. The Morgan fingerprint density at radius 3 is 2.50 bits per heavy atom. The number of methoxy groups -OCH3 is 1. The Hall–Kier alpha value is -2.15. The van der Waals surface area contributed by atoms with Gasteiger partial charge in [-0.2, -0.15) is 0 Å². The zero-order valence-corrected chi connectivity index (χ0v) is 12.7. The zero-order valence-electron chi connectivity index (χ0n) is 12.0. The summed E-state index contributed by atoms with van der Waals surface area (Å²) in [5.74, 6) is -0.745. The highest BCUT2D eigenvalue weighted by Gasteiger charge is 2.29. The number of non-ortho nitro benzene ring substituents is 1. The highest BCUT2D eigenvalue weighted by atomic mass is 35.5. The maximum atomic E-state index is 12.4. The van der Waals surface area contributed by atoms with Crippen molar-refractivity contribution in [2.75, 3.05) is 20.2 Å². The van der Waals surface area contributed by atoms with Crippen molar-refractivity contribution in [2.45, 2.75) is 12.8 Å². The molecule has 1 aromatic carbocycles. The lowest BCUT2D eigenvalue weighted by Crippen LogP contribution is -2.40. The standard InChI is InChI=1S/C14H15ClN2O5/c1-22-14(19)9-4-6-16(7-5-9)13(18)11-3-2-10(17(20)21)8-12(11)15/h2-3,8-9H,4-7H2,1H3. The number of hydrogen-bond acceptors (Lipinski definition) is 5. The van der Waals surface area contributed by atoms with E-state index in [-0.39, 0.29) is 34.1 Å². The Bertz CT molecular complexity index is 611. The van der Waals surface area contributed by atoms with Crippen LogP contribution in [0.25, 0.3) is 0 Å². The van der Waals surface area contributed by atoms with E-state index in [1.54, 1.807) is 4.90 Å². The van der Waals surface area contributed by atoms with Crippen molar-refractivity contribution in [1.29, 1.82) is 0 Å². The summed E-state index contributed by atoms with van der Waals surface area (Å²) in [6.07, 6.45) is 1.06. The van der Waals surface area contributed by atoms with Crippen molar-refractivity contribution in [3.05, 3.63) is 38.9 Å². The lowest BCUT2D eigenvalue weighted by Gasteiger charge is -2.30. The summed E-state index contributed by atoms with van der Waals surface area (Å²) < 4.78 is 4.70. The van der Waals surface area contributed by atoms with Crippen molar-refractivity contribution in [2.24, 2.45) is 5.92 Å². The van der Waals surface area contributed by atoms with E-state index in [4.69, 9.17) is 16.3 Å². The van der Waals surface area contributed by atoms with Gasteiger partial charge in [-0.1, -0.05) is 11.6 Å². The predicted octanol–water partition coefficient (Wildman–Crippen LogP) is 2.27. The average molecular weight is 327 g/mol. The van der Waals surface area contributed by atoms with E-state index in [9.17, 15) is 19.7 Å². The first-order valence-electron chi connectivity index (χ1n) is 6.75. The number of halogens is 1. The minimum atomic E-state index is -0.567. The van der Waals surface area contributed by atoms with Gasteiger partial charge in [0.15, 0.2) is 0 Å². The molecule has 0 saturated carbocycles. The van der Waals surface area contributed by atoms with Gasteiger partial charge in [0.25, 0.3) is 11.6 Å². The third-order valence-electron chi connectivity index (χ3n) is 3.71. The SMILES string of the molecule is COC(=O)C1CCN(C(=O)c2ccc([N+](=O)[O-])cc2Cl)CC1. The summed E-state index contributed by atoms with van der Waals surface area (Å²) in [7, 11) is 1.34. The van der Waals surface area contributed by atoms with Gasteiger partial charge in [0.2, 0.25) is 0 Å². The molecular formula is C14H15ClN2O5. The summed E-state index contributed by atoms with van der Waals surface area (Å²) in [5.41, 5.74) is 0.0646. The Kier molecular flexibility index (Phi) is 4.97. The number of rotatable bonds is 3. The lowest BCUT2D eigenvalue weighted by atomic mass is 9.96. The molecule has 7 nitrogen and oxygen atoms in total. The van der Waals surface area contributed by atoms with E-state index in [2.05, 4.69) is 0 Å². The first kappa shape index (κ1) is 16.2. The second kappa shape index (κ2) is 6.74. The normalized spacial score (nSPS) is 15.5.